The van der Waals surface area contributed by atoms with Crippen LogP contribution in [-0.2, 0) is 13.1 Å². The van der Waals surface area contributed by atoms with Gasteiger partial charge in [-0.05, 0) is 23.3 Å². The molecule has 0 bridgehead atoms. The normalized spacial score (nSPS) is 13.7. The fourth-order valence-electron chi connectivity index (χ4n) is 2.35. The first-order chi connectivity index (χ1) is 10.1. The third kappa shape index (κ3) is 2.75. The highest BCUT2D eigenvalue weighted by molar-refractivity contribution is 5.94. The van der Waals surface area contributed by atoms with Gasteiger partial charge in [-0.3, -0.25) is 20.3 Å². The van der Waals surface area contributed by atoms with Gasteiger partial charge >= 0.3 is 0 Å². The summed E-state index contributed by atoms with van der Waals surface area (Å²) in [7, 11) is 0. The summed E-state index contributed by atoms with van der Waals surface area (Å²) in [5.74, 6) is -0.266. The highest BCUT2D eigenvalue weighted by atomic mass is 16.6. The zero-order chi connectivity index (χ0) is 14.8. The predicted molar refractivity (Wildman–Crippen MR) is 76.3 cm³/mol. The number of rotatable bonds is 3. The molecule has 0 aliphatic carbocycles. The van der Waals surface area contributed by atoms with Gasteiger partial charge in [-0.15, -0.1) is 0 Å². The largest absolute Gasteiger partial charge is 0.284 e. The van der Waals surface area contributed by atoms with Crippen LogP contribution >= 0.6 is 0 Å². The third-order valence-corrected chi connectivity index (χ3v) is 3.44. The van der Waals surface area contributed by atoms with Gasteiger partial charge < -0.3 is 0 Å². The minimum absolute atomic E-state index is 0.0277. The maximum absolute atomic E-state index is 12.1. The molecule has 0 aromatic heterocycles. The highest BCUT2D eigenvalue weighted by Crippen LogP contribution is 2.20. The van der Waals surface area contributed by atoms with Gasteiger partial charge in [0.05, 0.1) is 4.92 Å². The van der Waals surface area contributed by atoms with Gasteiger partial charge in [0.2, 0.25) is 0 Å². The van der Waals surface area contributed by atoms with Crippen LogP contribution in [0.5, 0.6) is 0 Å². The van der Waals surface area contributed by atoms with Crippen LogP contribution in [0.2, 0.25) is 0 Å². The third-order valence-electron chi connectivity index (χ3n) is 3.44. The number of nitrogens with one attached hydrogen (secondary N) is 1. The number of benzene rings is 2. The molecular weight excluding hydrogens is 270 g/mol. The second-order valence-electron chi connectivity index (χ2n) is 4.87. The minimum atomic E-state index is -0.487. The number of nitrogens with zero attached hydrogens (tertiary/aromatic N) is 2. The Morgan fingerprint density at radius 3 is 2.14 bits per heavy atom. The number of hydrogen-bond acceptors (Lipinski definition) is 4. The van der Waals surface area contributed by atoms with E-state index in [0.717, 1.165) is 0 Å². The molecule has 0 fully saturated rings. The van der Waals surface area contributed by atoms with Crippen LogP contribution in [0, 0.1) is 10.1 Å². The van der Waals surface area contributed by atoms with E-state index in [0.29, 0.717) is 18.7 Å². The number of hydrazine groups is 1. The van der Waals surface area contributed by atoms with E-state index in [1.54, 1.807) is 0 Å². The Kier molecular flexibility index (Phi) is 3.37. The average molecular weight is 283 g/mol. The second-order valence-corrected chi connectivity index (χ2v) is 4.87. The molecule has 1 aliphatic rings. The Labute approximate surface area is 121 Å². The lowest BCUT2D eigenvalue weighted by Gasteiger charge is -2.16. The van der Waals surface area contributed by atoms with Crippen LogP contribution in [0.15, 0.2) is 48.5 Å². The number of fused-ring (bicyclic) bond motifs is 1. The fraction of sp³-hybridized carbons (Fsp3) is 0.133. The van der Waals surface area contributed by atoms with E-state index >= 15 is 0 Å². The fourth-order valence-corrected chi connectivity index (χ4v) is 2.35. The molecule has 106 valence electrons. The molecule has 6 heteroatoms. The van der Waals surface area contributed by atoms with E-state index < -0.39 is 4.92 Å². The van der Waals surface area contributed by atoms with Crippen LogP contribution in [0.3, 0.4) is 0 Å². The molecular formula is C15H13N3O3. The molecule has 0 unspecified atom stereocenters. The van der Waals surface area contributed by atoms with Crippen molar-refractivity contribution in [2.45, 2.75) is 13.1 Å². The van der Waals surface area contributed by atoms with E-state index in [1.807, 2.05) is 29.3 Å². The number of amides is 1. The first kappa shape index (κ1) is 13.3. The van der Waals surface area contributed by atoms with Gasteiger partial charge in [0.15, 0.2) is 0 Å². The Bertz CT molecular complexity index is 673. The monoisotopic (exact) mass is 283 g/mol. The Morgan fingerprint density at radius 1 is 1.05 bits per heavy atom. The van der Waals surface area contributed by atoms with Crippen molar-refractivity contribution in [3.63, 3.8) is 0 Å². The van der Waals surface area contributed by atoms with Crippen molar-refractivity contribution in [3.8, 4) is 0 Å². The van der Waals surface area contributed by atoms with E-state index in [9.17, 15) is 14.9 Å². The SMILES string of the molecule is O=C(NN1Cc2ccccc2C1)c1ccc([N+](=O)[O-])cc1. The highest BCUT2D eigenvalue weighted by Gasteiger charge is 2.20. The van der Waals surface area contributed by atoms with Gasteiger partial charge in [-0.2, -0.15) is 0 Å². The number of nitro groups is 1. The summed E-state index contributed by atoms with van der Waals surface area (Å²) in [6.07, 6.45) is 0. The lowest BCUT2D eigenvalue weighted by Crippen LogP contribution is -2.38. The molecule has 1 heterocycles. The molecule has 3 rings (SSSR count). The maximum atomic E-state index is 12.1. The summed E-state index contributed by atoms with van der Waals surface area (Å²) in [6.45, 7) is 1.32. The molecule has 1 N–H and O–H groups in total. The van der Waals surface area contributed by atoms with Gasteiger partial charge in [0.1, 0.15) is 0 Å². The average Bonchev–Trinajstić information content (AvgIpc) is 2.89. The van der Waals surface area contributed by atoms with Gasteiger partial charge in [0, 0.05) is 30.8 Å². The number of nitro benzene ring substituents is 1. The molecule has 21 heavy (non-hydrogen) atoms. The van der Waals surface area contributed by atoms with Gasteiger partial charge in [-0.1, -0.05) is 24.3 Å². The molecule has 0 saturated carbocycles. The summed E-state index contributed by atoms with van der Waals surface area (Å²) in [6, 6.07) is 13.6. The van der Waals surface area contributed by atoms with Crippen LogP contribution in [-0.4, -0.2) is 15.8 Å². The number of hydrogen-bond donors (Lipinski definition) is 1. The lowest BCUT2D eigenvalue weighted by molar-refractivity contribution is -0.384. The molecule has 2 aromatic carbocycles. The van der Waals surface area contributed by atoms with Crippen molar-refractivity contribution in [1.29, 1.82) is 0 Å². The van der Waals surface area contributed by atoms with Crippen molar-refractivity contribution in [2.75, 3.05) is 0 Å². The van der Waals surface area contributed by atoms with Crippen LogP contribution < -0.4 is 5.43 Å². The minimum Gasteiger partial charge on any atom is -0.284 e. The molecule has 0 saturated heterocycles. The molecule has 1 aliphatic heterocycles. The molecule has 0 radical (unpaired) electrons. The zero-order valence-electron chi connectivity index (χ0n) is 11.2. The van der Waals surface area contributed by atoms with Gasteiger partial charge in [-0.25, -0.2) is 5.01 Å². The zero-order valence-corrected chi connectivity index (χ0v) is 11.2. The molecule has 2 aromatic rings. The summed E-state index contributed by atoms with van der Waals surface area (Å²) in [4.78, 5) is 22.2. The van der Waals surface area contributed by atoms with E-state index in [4.69, 9.17) is 0 Å². The summed E-state index contributed by atoms with van der Waals surface area (Å²) >= 11 is 0. The topological polar surface area (TPSA) is 75.5 Å². The van der Waals surface area contributed by atoms with Crippen molar-refractivity contribution >= 4 is 11.6 Å². The Hall–Kier alpha value is -2.73. The summed E-state index contributed by atoms with van der Waals surface area (Å²) in [5, 5.41) is 12.4. The smallest absolute Gasteiger partial charge is 0.269 e. The van der Waals surface area contributed by atoms with E-state index in [2.05, 4.69) is 5.43 Å². The van der Waals surface area contributed by atoms with Crippen LogP contribution in [0.4, 0.5) is 5.69 Å². The van der Waals surface area contributed by atoms with Crippen molar-refractivity contribution in [2.24, 2.45) is 0 Å². The molecule has 6 nitrogen and oxygen atoms in total. The first-order valence-corrected chi connectivity index (χ1v) is 6.50. The quantitative estimate of drug-likeness (QED) is 0.692. The Morgan fingerprint density at radius 2 is 1.62 bits per heavy atom. The van der Waals surface area contributed by atoms with E-state index in [1.165, 1.54) is 35.4 Å². The molecule has 1 amide bonds. The van der Waals surface area contributed by atoms with Crippen molar-refractivity contribution in [1.82, 2.24) is 10.4 Å². The van der Waals surface area contributed by atoms with Crippen LogP contribution in [0.25, 0.3) is 0 Å². The van der Waals surface area contributed by atoms with Crippen LogP contribution in [0.1, 0.15) is 21.5 Å². The Balaban J connectivity index is 1.66. The second kappa shape index (κ2) is 5.34. The molecule has 0 atom stereocenters. The maximum Gasteiger partial charge on any atom is 0.269 e. The summed E-state index contributed by atoms with van der Waals surface area (Å²) < 4.78 is 0. The van der Waals surface area contributed by atoms with E-state index in [-0.39, 0.29) is 11.6 Å². The van der Waals surface area contributed by atoms with Gasteiger partial charge in [0.25, 0.3) is 11.6 Å². The number of carbonyl (C=O) groups excluding carboxylic acids is 1. The van der Waals surface area contributed by atoms with Crippen molar-refractivity contribution in [3.05, 3.63) is 75.3 Å². The number of carbonyl (C=O) groups is 1. The summed E-state index contributed by atoms with van der Waals surface area (Å²) in [5.41, 5.74) is 5.58. The lowest BCUT2D eigenvalue weighted by atomic mass is 10.1. The predicted octanol–water partition coefficient (Wildman–Crippen LogP) is 2.26. The molecule has 0 spiro atoms. The standard InChI is InChI=1S/C15H13N3O3/c19-15(11-5-7-14(8-6-11)18(20)21)16-17-9-12-3-1-2-4-13(12)10-17/h1-8H,9-10H2,(H,16,19). The number of non-ortho nitro benzene ring substituents is 1. The first-order valence-electron chi connectivity index (χ1n) is 6.50. The van der Waals surface area contributed by atoms with Crippen molar-refractivity contribution < 1.29 is 9.72 Å².